The topological polar surface area (TPSA) is 74.6 Å². The van der Waals surface area contributed by atoms with Crippen LogP contribution in [0.1, 0.15) is 6.92 Å². The molecule has 0 radical (unpaired) electrons. The maximum Gasteiger partial charge on any atom is 0.327 e. The molecule has 1 aromatic carbocycles. The number of hydrogen-bond acceptors (Lipinski definition) is 6. The third-order valence-electron chi connectivity index (χ3n) is 3.49. The average molecular weight is 335 g/mol. The molecule has 0 aliphatic carbocycles. The molecule has 0 N–H and O–H groups in total. The van der Waals surface area contributed by atoms with Crippen LogP contribution in [0.2, 0.25) is 0 Å². The monoisotopic (exact) mass is 334 g/mol. The minimum Gasteiger partial charge on any atom is -0.465 e. The van der Waals surface area contributed by atoms with Gasteiger partial charge in [0.25, 0.3) is 5.91 Å². The quantitative estimate of drug-likeness (QED) is 0.474. The first-order chi connectivity index (χ1) is 11.1. The van der Waals surface area contributed by atoms with Crippen LogP contribution in [0, 0.1) is 5.92 Å². The highest BCUT2D eigenvalue weighted by molar-refractivity contribution is 6.46. The molecule has 3 rings (SSSR count). The Morgan fingerprint density at radius 2 is 2.09 bits per heavy atom. The van der Waals surface area contributed by atoms with Gasteiger partial charge in [-0.15, -0.1) is 0 Å². The zero-order chi connectivity index (χ0) is 16.4. The van der Waals surface area contributed by atoms with E-state index in [1.807, 2.05) is 30.3 Å². The van der Waals surface area contributed by atoms with Gasteiger partial charge in [0.2, 0.25) is 0 Å². The van der Waals surface area contributed by atoms with E-state index in [2.05, 4.69) is 10.2 Å². The largest absolute Gasteiger partial charge is 0.465 e. The maximum atomic E-state index is 12.5. The molecular formula is C15H15ClN4O3. The zero-order valence-corrected chi connectivity index (χ0v) is 13.2. The van der Waals surface area contributed by atoms with Gasteiger partial charge in [-0.3, -0.25) is 9.59 Å². The molecule has 8 heteroatoms. The Balaban J connectivity index is 1.82. The van der Waals surface area contributed by atoms with E-state index in [-0.39, 0.29) is 18.9 Å². The van der Waals surface area contributed by atoms with Crippen molar-refractivity contribution in [1.29, 1.82) is 0 Å². The average Bonchev–Trinajstić information content (AvgIpc) is 2.89. The number of carbonyl (C=O) groups excluding carboxylic acids is 2. The van der Waals surface area contributed by atoms with Crippen LogP contribution in [0.3, 0.4) is 0 Å². The van der Waals surface area contributed by atoms with Crippen LogP contribution in [0.15, 0.2) is 40.5 Å². The number of benzene rings is 1. The van der Waals surface area contributed by atoms with Crippen molar-refractivity contribution in [3.63, 3.8) is 0 Å². The highest BCUT2D eigenvalue weighted by Crippen LogP contribution is 2.32. The van der Waals surface area contributed by atoms with Crippen LogP contribution >= 0.6 is 11.6 Å². The number of anilines is 1. The number of nitrogens with zero attached hydrogens (tertiary/aromatic N) is 4. The Labute approximate surface area is 138 Å². The molecule has 1 amide bonds. The molecule has 0 saturated carbocycles. The Bertz CT molecular complexity index is 677. The number of carbonyl (C=O) groups is 2. The van der Waals surface area contributed by atoms with Gasteiger partial charge in [-0.05, 0) is 19.1 Å². The van der Waals surface area contributed by atoms with Crippen molar-refractivity contribution in [2.75, 3.05) is 18.2 Å². The zero-order valence-electron chi connectivity index (χ0n) is 12.4. The predicted octanol–water partition coefficient (Wildman–Crippen LogP) is 1.43. The smallest absolute Gasteiger partial charge is 0.327 e. The standard InChI is InChI=1S/C15H15ClN4O3/c1-2-23-12(21)9-19-15(22)13-11(8-17-19)14(16)20(18-13)10-6-4-3-5-7-10/h3-8,11,14H,2,9H2,1H3. The maximum absolute atomic E-state index is 12.5. The van der Waals surface area contributed by atoms with Crippen LogP contribution in [0.5, 0.6) is 0 Å². The van der Waals surface area contributed by atoms with Crippen molar-refractivity contribution in [2.45, 2.75) is 12.4 Å². The lowest BCUT2D eigenvalue weighted by atomic mass is 10.0. The lowest BCUT2D eigenvalue weighted by Crippen LogP contribution is -2.44. The van der Waals surface area contributed by atoms with Gasteiger partial charge in [0, 0.05) is 6.21 Å². The summed E-state index contributed by atoms with van der Waals surface area (Å²) in [4.78, 5) is 24.0. The van der Waals surface area contributed by atoms with Crippen LogP contribution in [-0.2, 0) is 14.3 Å². The first-order valence-electron chi connectivity index (χ1n) is 7.20. The second kappa shape index (κ2) is 6.37. The second-order valence-corrected chi connectivity index (χ2v) is 5.44. The summed E-state index contributed by atoms with van der Waals surface area (Å²) in [6.07, 6.45) is 1.54. The fourth-order valence-electron chi connectivity index (χ4n) is 2.41. The van der Waals surface area contributed by atoms with E-state index in [0.717, 1.165) is 10.7 Å². The number of amides is 1. The van der Waals surface area contributed by atoms with Gasteiger partial charge >= 0.3 is 5.97 Å². The number of hydrazone groups is 2. The molecule has 7 nitrogen and oxygen atoms in total. The fraction of sp³-hybridized carbons (Fsp3) is 0.333. The molecule has 1 aromatic rings. The molecule has 120 valence electrons. The van der Waals surface area contributed by atoms with Gasteiger partial charge in [-0.25, -0.2) is 10.0 Å². The van der Waals surface area contributed by atoms with Crippen molar-refractivity contribution < 1.29 is 14.3 Å². The molecule has 2 unspecified atom stereocenters. The molecule has 2 aliphatic rings. The molecule has 0 spiro atoms. The lowest BCUT2D eigenvalue weighted by Gasteiger charge is -2.24. The summed E-state index contributed by atoms with van der Waals surface area (Å²) < 4.78 is 4.83. The number of hydrogen-bond donors (Lipinski definition) is 0. The second-order valence-electron chi connectivity index (χ2n) is 5.00. The molecule has 23 heavy (non-hydrogen) atoms. The van der Waals surface area contributed by atoms with Crippen molar-refractivity contribution in [1.82, 2.24) is 5.01 Å². The predicted molar refractivity (Wildman–Crippen MR) is 86.3 cm³/mol. The minimum absolute atomic E-state index is 0.243. The van der Waals surface area contributed by atoms with E-state index >= 15 is 0 Å². The van der Waals surface area contributed by atoms with Crippen LogP contribution in [0.25, 0.3) is 0 Å². The molecule has 0 saturated heterocycles. The summed E-state index contributed by atoms with van der Waals surface area (Å²) in [7, 11) is 0. The van der Waals surface area contributed by atoms with E-state index in [1.54, 1.807) is 18.1 Å². The molecule has 2 heterocycles. The van der Waals surface area contributed by atoms with Crippen molar-refractivity contribution >= 4 is 41.1 Å². The molecule has 2 aliphatic heterocycles. The Kier molecular flexibility index (Phi) is 4.29. The first kappa shape index (κ1) is 15.5. The van der Waals surface area contributed by atoms with Gasteiger partial charge in [0.05, 0.1) is 18.2 Å². The Hall–Kier alpha value is -2.41. The van der Waals surface area contributed by atoms with E-state index in [4.69, 9.17) is 16.3 Å². The summed E-state index contributed by atoms with van der Waals surface area (Å²) in [6.45, 7) is 1.71. The highest BCUT2D eigenvalue weighted by Gasteiger charge is 2.43. The normalized spacial score (nSPS) is 22.9. The highest BCUT2D eigenvalue weighted by atomic mass is 35.5. The van der Waals surface area contributed by atoms with E-state index in [1.165, 1.54) is 0 Å². The number of para-hydroxylation sites is 1. The summed E-state index contributed by atoms with van der Waals surface area (Å²) >= 11 is 6.41. The van der Waals surface area contributed by atoms with Gasteiger partial charge in [0.15, 0.2) is 0 Å². The molecule has 2 atom stereocenters. The van der Waals surface area contributed by atoms with Gasteiger partial charge < -0.3 is 4.74 Å². The third-order valence-corrected chi connectivity index (χ3v) is 3.94. The summed E-state index contributed by atoms with van der Waals surface area (Å²) in [5.41, 5.74) is 0.519. The summed E-state index contributed by atoms with van der Waals surface area (Å²) in [6, 6.07) is 9.33. The van der Waals surface area contributed by atoms with Crippen molar-refractivity contribution in [3.05, 3.63) is 30.3 Å². The number of esters is 1. The van der Waals surface area contributed by atoms with E-state index < -0.39 is 23.3 Å². The van der Waals surface area contributed by atoms with Crippen LogP contribution in [0.4, 0.5) is 5.69 Å². The molecule has 0 aromatic heterocycles. The number of ether oxygens (including phenoxy) is 1. The first-order valence-corrected chi connectivity index (χ1v) is 7.64. The Morgan fingerprint density at radius 3 is 2.78 bits per heavy atom. The van der Waals surface area contributed by atoms with Crippen molar-refractivity contribution in [3.8, 4) is 0 Å². The van der Waals surface area contributed by atoms with Crippen molar-refractivity contribution in [2.24, 2.45) is 16.1 Å². The van der Waals surface area contributed by atoms with Crippen LogP contribution in [-0.4, -0.2) is 47.5 Å². The molecule has 0 fully saturated rings. The van der Waals surface area contributed by atoms with E-state index in [9.17, 15) is 9.59 Å². The Morgan fingerprint density at radius 1 is 1.35 bits per heavy atom. The SMILES string of the molecule is CCOC(=O)CN1N=CC2C(=NN(c3ccccc3)C2Cl)C1=O. The lowest BCUT2D eigenvalue weighted by molar-refractivity contribution is -0.147. The fourth-order valence-corrected chi connectivity index (χ4v) is 2.75. The number of rotatable bonds is 4. The third kappa shape index (κ3) is 2.92. The number of halogens is 1. The molecule has 0 bridgehead atoms. The van der Waals surface area contributed by atoms with Gasteiger partial charge in [-0.1, -0.05) is 29.8 Å². The number of fused-ring (bicyclic) bond motifs is 1. The van der Waals surface area contributed by atoms with Gasteiger partial charge in [0.1, 0.15) is 17.8 Å². The van der Waals surface area contributed by atoms with Gasteiger partial charge in [-0.2, -0.15) is 10.2 Å². The number of alkyl halides is 1. The summed E-state index contributed by atoms with van der Waals surface area (Å²) in [5.74, 6) is -1.37. The summed E-state index contributed by atoms with van der Waals surface area (Å²) in [5, 5.41) is 11.0. The van der Waals surface area contributed by atoms with E-state index in [0.29, 0.717) is 0 Å². The minimum atomic E-state index is -0.537. The molecular weight excluding hydrogens is 320 g/mol. The van der Waals surface area contributed by atoms with Crippen LogP contribution < -0.4 is 5.01 Å².